The van der Waals surface area contributed by atoms with Crippen LogP contribution in [-0.4, -0.2) is 12.3 Å². The molecular weight excluding hydrogens is 240 g/mol. The first-order valence-corrected chi connectivity index (χ1v) is 5.63. The van der Waals surface area contributed by atoms with Crippen LogP contribution in [0.2, 0.25) is 5.02 Å². The Hall–Kier alpha value is -1.68. The summed E-state index contributed by atoms with van der Waals surface area (Å²) in [5.74, 6) is 0.937. The Kier molecular flexibility index (Phi) is 3.24. The van der Waals surface area contributed by atoms with Gasteiger partial charge < -0.3 is 15.0 Å². The van der Waals surface area contributed by atoms with Crippen LogP contribution in [0.4, 0.5) is 5.88 Å². The zero-order valence-electron chi connectivity index (χ0n) is 9.66. The van der Waals surface area contributed by atoms with Gasteiger partial charge in [0, 0.05) is 0 Å². The number of hydrogen-bond donors (Lipinski definition) is 1. The van der Waals surface area contributed by atoms with Crippen LogP contribution in [0, 0.1) is 0 Å². The molecule has 1 heterocycles. The lowest BCUT2D eigenvalue weighted by molar-refractivity contribution is 0.415. The zero-order valence-corrected chi connectivity index (χ0v) is 10.4. The molecule has 17 heavy (non-hydrogen) atoms. The van der Waals surface area contributed by atoms with Gasteiger partial charge in [-0.1, -0.05) is 29.7 Å². The molecule has 0 unspecified atom stereocenters. The fraction of sp³-hybridized carbons (Fsp3) is 0.250. The van der Waals surface area contributed by atoms with Crippen LogP contribution in [0.5, 0.6) is 5.75 Å². The molecule has 90 valence electrons. The summed E-state index contributed by atoms with van der Waals surface area (Å²) in [5.41, 5.74) is 8.27. The maximum absolute atomic E-state index is 6.08. The molecule has 1 aromatic carbocycles. The largest absolute Gasteiger partial charge is 0.495 e. The molecule has 2 aromatic rings. The number of anilines is 1. The molecule has 0 saturated heterocycles. The lowest BCUT2D eigenvalue weighted by Gasteiger charge is -2.06. The lowest BCUT2D eigenvalue weighted by Crippen LogP contribution is -1.90. The predicted octanol–water partition coefficient (Wildman–Crippen LogP) is 3.15. The van der Waals surface area contributed by atoms with Crippen molar-refractivity contribution in [2.45, 2.75) is 13.3 Å². The van der Waals surface area contributed by atoms with Gasteiger partial charge in [0.15, 0.2) is 0 Å². The molecule has 4 nitrogen and oxygen atoms in total. The summed E-state index contributed by atoms with van der Waals surface area (Å²) in [6.07, 6.45) is 0.750. The second-order valence-electron chi connectivity index (χ2n) is 3.57. The molecule has 0 aliphatic heterocycles. The molecule has 5 heteroatoms. The number of ether oxygens (including phenoxy) is 1. The molecule has 0 aliphatic carbocycles. The van der Waals surface area contributed by atoms with Gasteiger partial charge in [-0.3, -0.25) is 0 Å². The van der Waals surface area contributed by atoms with Crippen LogP contribution < -0.4 is 10.5 Å². The van der Waals surface area contributed by atoms with E-state index in [0.29, 0.717) is 16.7 Å². The van der Waals surface area contributed by atoms with Crippen molar-refractivity contribution in [3.63, 3.8) is 0 Å². The molecule has 0 atom stereocenters. The third-order valence-electron chi connectivity index (χ3n) is 2.56. The topological polar surface area (TPSA) is 61.3 Å². The second kappa shape index (κ2) is 4.67. The van der Waals surface area contributed by atoms with Crippen LogP contribution in [0.15, 0.2) is 22.7 Å². The highest BCUT2D eigenvalue weighted by Gasteiger charge is 2.15. The average Bonchev–Trinajstić information content (AvgIpc) is 2.70. The van der Waals surface area contributed by atoms with Crippen molar-refractivity contribution in [2.75, 3.05) is 12.8 Å². The smallest absolute Gasteiger partial charge is 0.230 e. The number of benzene rings is 1. The normalized spacial score (nSPS) is 10.5. The molecule has 0 fully saturated rings. The summed E-state index contributed by atoms with van der Waals surface area (Å²) in [4.78, 5) is 0. The first-order valence-electron chi connectivity index (χ1n) is 5.25. The third-order valence-corrected chi connectivity index (χ3v) is 2.86. The van der Waals surface area contributed by atoms with E-state index in [1.165, 1.54) is 0 Å². The van der Waals surface area contributed by atoms with Gasteiger partial charge in [0.1, 0.15) is 5.75 Å². The quantitative estimate of drug-likeness (QED) is 0.912. The van der Waals surface area contributed by atoms with E-state index in [1.807, 2.05) is 13.0 Å². The summed E-state index contributed by atoms with van der Waals surface area (Å²) in [6, 6.07) is 5.47. The Labute approximate surface area is 104 Å². The molecule has 2 N–H and O–H groups in total. The lowest BCUT2D eigenvalue weighted by atomic mass is 10.0. The van der Waals surface area contributed by atoms with Gasteiger partial charge in [-0.2, -0.15) is 0 Å². The first kappa shape index (κ1) is 11.8. The summed E-state index contributed by atoms with van der Waals surface area (Å²) in [5, 5.41) is 4.44. The fourth-order valence-electron chi connectivity index (χ4n) is 1.71. The fourth-order valence-corrected chi connectivity index (χ4v) is 1.97. The maximum atomic E-state index is 6.08. The highest BCUT2D eigenvalue weighted by molar-refractivity contribution is 6.32. The van der Waals surface area contributed by atoms with Gasteiger partial charge >= 0.3 is 0 Å². The van der Waals surface area contributed by atoms with Crippen molar-refractivity contribution < 1.29 is 9.26 Å². The molecule has 0 spiro atoms. The van der Waals surface area contributed by atoms with Crippen molar-refractivity contribution in [3.8, 4) is 16.9 Å². The van der Waals surface area contributed by atoms with Crippen molar-refractivity contribution >= 4 is 17.5 Å². The number of nitrogens with two attached hydrogens (primary N) is 1. The number of rotatable bonds is 3. The molecule has 0 saturated carbocycles. The number of aryl methyl sites for hydroxylation is 1. The minimum absolute atomic E-state index is 0.308. The number of halogens is 1. The van der Waals surface area contributed by atoms with E-state index in [1.54, 1.807) is 19.2 Å². The Morgan fingerprint density at radius 3 is 2.82 bits per heavy atom. The van der Waals surface area contributed by atoms with E-state index < -0.39 is 0 Å². The standard InChI is InChI=1S/C12H13ClN2O2/c1-3-9-11(12(14)17-15-9)7-4-5-10(16-2)8(13)6-7/h4-6H,3,14H2,1-2H3. The number of nitrogen functional groups attached to an aromatic ring is 1. The van der Waals surface area contributed by atoms with Crippen molar-refractivity contribution in [3.05, 3.63) is 28.9 Å². The zero-order chi connectivity index (χ0) is 12.4. The Morgan fingerprint density at radius 2 is 2.24 bits per heavy atom. The van der Waals surface area contributed by atoms with Crippen LogP contribution in [-0.2, 0) is 6.42 Å². The molecular formula is C12H13ClN2O2. The Balaban J connectivity index is 2.53. The Bertz CT molecular complexity index is 537. The predicted molar refractivity (Wildman–Crippen MR) is 67.3 cm³/mol. The second-order valence-corrected chi connectivity index (χ2v) is 3.98. The van der Waals surface area contributed by atoms with Crippen molar-refractivity contribution in [1.82, 2.24) is 5.16 Å². The number of hydrogen-bond acceptors (Lipinski definition) is 4. The highest BCUT2D eigenvalue weighted by atomic mass is 35.5. The molecule has 1 aromatic heterocycles. The Morgan fingerprint density at radius 1 is 1.47 bits per heavy atom. The third kappa shape index (κ3) is 2.08. The molecule has 0 amide bonds. The van der Waals surface area contributed by atoms with E-state index in [-0.39, 0.29) is 0 Å². The van der Waals surface area contributed by atoms with Gasteiger partial charge in [0.2, 0.25) is 5.88 Å². The van der Waals surface area contributed by atoms with Gasteiger partial charge in [0.25, 0.3) is 0 Å². The van der Waals surface area contributed by atoms with Crippen molar-refractivity contribution in [2.24, 2.45) is 0 Å². The van der Waals surface area contributed by atoms with E-state index in [4.69, 9.17) is 26.6 Å². The minimum atomic E-state index is 0.308. The van der Waals surface area contributed by atoms with E-state index in [0.717, 1.165) is 23.2 Å². The summed E-state index contributed by atoms with van der Waals surface area (Å²) < 4.78 is 10.1. The van der Waals surface area contributed by atoms with Crippen LogP contribution in [0.1, 0.15) is 12.6 Å². The minimum Gasteiger partial charge on any atom is -0.495 e. The summed E-state index contributed by atoms with van der Waals surface area (Å²) >= 11 is 6.08. The van der Waals surface area contributed by atoms with Gasteiger partial charge in [-0.25, -0.2) is 0 Å². The SMILES string of the molecule is CCc1noc(N)c1-c1ccc(OC)c(Cl)c1. The number of methoxy groups -OCH3 is 1. The van der Waals surface area contributed by atoms with E-state index in [9.17, 15) is 0 Å². The van der Waals surface area contributed by atoms with Crippen molar-refractivity contribution in [1.29, 1.82) is 0 Å². The van der Waals surface area contributed by atoms with Gasteiger partial charge in [-0.15, -0.1) is 0 Å². The van der Waals surface area contributed by atoms with Crippen LogP contribution >= 0.6 is 11.6 Å². The molecule has 2 rings (SSSR count). The number of aromatic nitrogens is 1. The van der Waals surface area contributed by atoms with Crippen LogP contribution in [0.3, 0.4) is 0 Å². The number of nitrogens with zero attached hydrogens (tertiary/aromatic N) is 1. The average molecular weight is 253 g/mol. The molecule has 0 aliphatic rings. The van der Waals surface area contributed by atoms with E-state index >= 15 is 0 Å². The molecule has 0 bridgehead atoms. The monoisotopic (exact) mass is 252 g/mol. The summed E-state index contributed by atoms with van der Waals surface area (Å²) in [6.45, 7) is 1.99. The maximum Gasteiger partial charge on any atom is 0.230 e. The van der Waals surface area contributed by atoms with Crippen LogP contribution in [0.25, 0.3) is 11.1 Å². The van der Waals surface area contributed by atoms with E-state index in [2.05, 4.69) is 5.16 Å². The first-order chi connectivity index (χ1) is 8.17. The van der Waals surface area contributed by atoms with Gasteiger partial charge in [-0.05, 0) is 24.1 Å². The molecule has 0 radical (unpaired) electrons. The van der Waals surface area contributed by atoms with Gasteiger partial charge in [0.05, 0.1) is 23.4 Å². The highest BCUT2D eigenvalue weighted by Crippen LogP contribution is 2.34. The summed E-state index contributed by atoms with van der Waals surface area (Å²) in [7, 11) is 1.58.